The van der Waals surface area contributed by atoms with Crippen molar-refractivity contribution in [2.45, 2.75) is 0 Å². The third-order valence-electron chi connectivity index (χ3n) is 4.65. The molecule has 0 unspecified atom stereocenters. The molecule has 1 N–H and O–H groups in total. The van der Waals surface area contributed by atoms with Crippen molar-refractivity contribution in [1.29, 1.82) is 0 Å². The third kappa shape index (κ3) is 5.37. The molecule has 1 fully saturated rings. The highest BCUT2D eigenvalue weighted by molar-refractivity contribution is 6.07. The first-order valence-corrected chi connectivity index (χ1v) is 9.14. The van der Waals surface area contributed by atoms with Crippen molar-refractivity contribution in [2.75, 3.05) is 38.1 Å². The molecule has 1 aliphatic rings. The number of aliphatic carboxylic acids is 1. The summed E-state index contributed by atoms with van der Waals surface area (Å²) in [5, 5.41) is 8.62. The van der Waals surface area contributed by atoms with E-state index in [1.54, 1.807) is 24.4 Å². The fourth-order valence-corrected chi connectivity index (χ4v) is 2.94. The number of aromatic nitrogens is 1. The lowest BCUT2D eigenvalue weighted by Gasteiger charge is -2.34. The minimum atomic E-state index is -1.02. The lowest BCUT2D eigenvalue weighted by Crippen LogP contribution is -2.44. The number of hydrogen-bond donors (Lipinski definition) is 1. The van der Waals surface area contributed by atoms with Crippen LogP contribution < -0.4 is 4.90 Å². The Morgan fingerprint density at radius 2 is 1.68 bits per heavy atom. The van der Waals surface area contributed by atoms with Gasteiger partial charge in [0.05, 0.1) is 5.69 Å². The van der Waals surface area contributed by atoms with Gasteiger partial charge in [0.25, 0.3) is 0 Å². The Balaban J connectivity index is 1.60. The number of carboxylic acid groups (broad SMARTS) is 1. The second-order valence-electron chi connectivity index (χ2n) is 6.72. The van der Waals surface area contributed by atoms with Crippen molar-refractivity contribution in [3.63, 3.8) is 0 Å². The topological polar surface area (TPSA) is 73.7 Å². The van der Waals surface area contributed by atoms with Crippen LogP contribution in [0.4, 0.5) is 5.69 Å². The van der Waals surface area contributed by atoms with Crippen LogP contribution in [0.15, 0.2) is 54.7 Å². The summed E-state index contributed by atoms with van der Waals surface area (Å²) < 4.78 is 0. The van der Waals surface area contributed by atoms with Gasteiger partial charge in [-0.1, -0.05) is 6.07 Å². The van der Waals surface area contributed by atoms with Crippen molar-refractivity contribution in [2.24, 2.45) is 0 Å². The lowest BCUT2D eigenvalue weighted by molar-refractivity contribution is -0.131. The zero-order chi connectivity index (χ0) is 19.9. The standard InChI is InChI=1S/C22H23N3O3/c1-24-12-14-25(15-13-24)20-8-4-18(5-9-20)21(26)10-3-17-2-6-19(23-16-17)7-11-22(27)28/h2-11,16H,12-15H2,1H3,(H,27,28). The number of rotatable bonds is 6. The Hall–Kier alpha value is -3.25. The second-order valence-corrected chi connectivity index (χ2v) is 6.72. The van der Waals surface area contributed by atoms with Crippen LogP contribution in [-0.4, -0.2) is 60.0 Å². The lowest BCUT2D eigenvalue weighted by atomic mass is 10.1. The summed E-state index contributed by atoms with van der Waals surface area (Å²) in [6.45, 7) is 4.08. The Kier molecular flexibility index (Phi) is 6.34. The van der Waals surface area contributed by atoms with Crippen molar-refractivity contribution >= 4 is 29.6 Å². The molecule has 144 valence electrons. The number of piperazine rings is 1. The van der Waals surface area contributed by atoms with Gasteiger partial charge in [0.1, 0.15) is 0 Å². The molecule has 0 aliphatic carbocycles. The molecule has 0 radical (unpaired) electrons. The Morgan fingerprint density at radius 3 is 2.29 bits per heavy atom. The van der Waals surface area contributed by atoms with Crippen molar-refractivity contribution in [3.8, 4) is 0 Å². The van der Waals surface area contributed by atoms with Crippen LogP contribution in [0, 0.1) is 0 Å². The number of nitrogens with zero attached hydrogens (tertiary/aromatic N) is 3. The van der Waals surface area contributed by atoms with Crippen LogP contribution in [0.3, 0.4) is 0 Å². The maximum atomic E-state index is 12.4. The van der Waals surface area contributed by atoms with E-state index >= 15 is 0 Å². The average Bonchev–Trinajstić information content (AvgIpc) is 2.72. The van der Waals surface area contributed by atoms with E-state index in [9.17, 15) is 9.59 Å². The second kappa shape index (κ2) is 9.10. The van der Waals surface area contributed by atoms with Crippen LogP contribution in [0.2, 0.25) is 0 Å². The van der Waals surface area contributed by atoms with Crippen LogP contribution in [0.1, 0.15) is 21.6 Å². The molecule has 0 amide bonds. The average molecular weight is 377 g/mol. The maximum absolute atomic E-state index is 12.4. The summed E-state index contributed by atoms with van der Waals surface area (Å²) in [4.78, 5) is 31.7. The molecule has 1 saturated heterocycles. The van der Waals surface area contributed by atoms with E-state index in [0.29, 0.717) is 11.3 Å². The Morgan fingerprint density at radius 1 is 0.964 bits per heavy atom. The summed E-state index contributed by atoms with van der Waals surface area (Å²) in [5.41, 5.74) is 3.10. The van der Waals surface area contributed by atoms with E-state index in [2.05, 4.69) is 21.8 Å². The van der Waals surface area contributed by atoms with Crippen molar-refractivity contribution in [3.05, 3.63) is 71.6 Å². The molecule has 3 rings (SSSR count). The fraction of sp³-hybridized carbons (Fsp3) is 0.227. The zero-order valence-electron chi connectivity index (χ0n) is 15.8. The monoisotopic (exact) mass is 377 g/mol. The number of carbonyl (C=O) groups excluding carboxylic acids is 1. The zero-order valence-corrected chi connectivity index (χ0v) is 15.8. The molecule has 2 heterocycles. The normalized spacial score (nSPS) is 15.4. The number of allylic oxidation sites excluding steroid dienone is 1. The van der Waals surface area contributed by atoms with Gasteiger partial charge in [-0.3, -0.25) is 9.78 Å². The molecule has 0 atom stereocenters. The molecule has 6 heteroatoms. The molecule has 2 aromatic rings. The smallest absolute Gasteiger partial charge is 0.328 e. The molecule has 1 aromatic heterocycles. The number of likely N-dealkylation sites (N-methyl/N-ethyl adjacent to an activating group) is 1. The number of pyridine rings is 1. The van der Waals surface area contributed by atoms with Gasteiger partial charge >= 0.3 is 5.97 Å². The predicted octanol–water partition coefficient (Wildman–Crippen LogP) is 2.83. The Bertz CT molecular complexity index is 878. The van der Waals surface area contributed by atoms with Gasteiger partial charge in [0.15, 0.2) is 5.78 Å². The predicted molar refractivity (Wildman–Crippen MR) is 110 cm³/mol. The first-order valence-electron chi connectivity index (χ1n) is 9.14. The third-order valence-corrected chi connectivity index (χ3v) is 4.65. The van der Waals surface area contributed by atoms with E-state index in [-0.39, 0.29) is 5.78 Å². The minimum absolute atomic E-state index is 0.0697. The van der Waals surface area contributed by atoms with E-state index in [4.69, 9.17) is 5.11 Å². The molecular weight excluding hydrogens is 354 g/mol. The molecule has 6 nitrogen and oxygen atoms in total. The highest BCUT2D eigenvalue weighted by Crippen LogP contribution is 2.17. The van der Waals surface area contributed by atoms with Crippen LogP contribution >= 0.6 is 0 Å². The van der Waals surface area contributed by atoms with E-state index < -0.39 is 5.97 Å². The molecule has 28 heavy (non-hydrogen) atoms. The van der Waals surface area contributed by atoms with Gasteiger partial charge < -0.3 is 14.9 Å². The van der Waals surface area contributed by atoms with Gasteiger partial charge in [0, 0.05) is 49.7 Å². The van der Waals surface area contributed by atoms with E-state index in [0.717, 1.165) is 43.5 Å². The summed E-state index contributed by atoms with van der Waals surface area (Å²) >= 11 is 0. The minimum Gasteiger partial charge on any atom is -0.478 e. The summed E-state index contributed by atoms with van der Waals surface area (Å²) in [6, 6.07) is 11.2. The van der Waals surface area contributed by atoms with Crippen LogP contribution in [0.5, 0.6) is 0 Å². The summed E-state index contributed by atoms with van der Waals surface area (Å²) in [6.07, 6.45) is 7.28. The van der Waals surface area contributed by atoms with Crippen LogP contribution in [-0.2, 0) is 4.79 Å². The first kappa shape index (κ1) is 19.5. The van der Waals surface area contributed by atoms with Gasteiger partial charge in [0.2, 0.25) is 0 Å². The number of ketones is 1. The van der Waals surface area contributed by atoms with Gasteiger partial charge in [-0.25, -0.2) is 4.79 Å². The van der Waals surface area contributed by atoms with Gasteiger partial charge in [-0.05, 0) is 61.2 Å². The van der Waals surface area contributed by atoms with Crippen LogP contribution in [0.25, 0.3) is 12.2 Å². The Labute approximate surface area is 164 Å². The van der Waals surface area contributed by atoms with Crippen molar-refractivity contribution in [1.82, 2.24) is 9.88 Å². The highest BCUT2D eigenvalue weighted by Gasteiger charge is 2.14. The SMILES string of the molecule is CN1CCN(c2ccc(C(=O)C=Cc3ccc(C=CC(=O)O)nc3)cc2)CC1. The molecular formula is C22H23N3O3. The highest BCUT2D eigenvalue weighted by atomic mass is 16.4. The van der Waals surface area contributed by atoms with Crippen molar-refractivity contribution < 1.29 is 14.7 Å². The summed E-state index contributed by atoms with van der Waals surface area (Å²) in [7, 11) is 2.13. The van der Waals surface area contributed by atoms with E-state index in [1.807, 2.05) is 24.3 Å². The summed E-state index contributed by atoms with van der Waals surface area (Å²) in [5.74, 6) is -1.09. The number of hydrogen-bond acceptors (Lipinski definition) is 5. The van der Waals surface area contributed by atoms with E-state index in [1.165, 1.54) is 12.2 Å². The quantitative estimate of drug-likeness (QED) is 0.616. The molecule has 0 saturated carbocycles. The number of carboxylic acids is 1. The van der Waals surface area contributed by atoms with Gasteiger partial charge in [-0.2, -0.15) is 0 Å². The molecule has 0 spiro atoms. The fourth-order valence-electron chi connectivity index (χ4n) is 2.94. The molecule has 1 aromatic carbocycles. The largest absolute Gasteiger partial charge is 0.478 e. The number of carbonyl (C=O) groups is 2. The first-order chi connectivity index (χ1) is 13.5. The molecule has 1 aliphatic heterocycles. The molecule has 0 bridgehead atoms. The number of anilines is 1. The van der Waals surface area contributed by atoms with Gasteiger partial charge in [-0.15, -0.1) is 0 Å². The maximum Gasteiger partial charge on any atom is 0.328 e. The number of benzene rings is 1.